The van der Waals surface area contributed by atoms with E-state index in [0.29, 0.717) is 11.8 Å². The zero-order valence-corrected chi connectivity index (χ0v) is 17.8. The summed E-state index contributed by atoms with van der Waals surface area (Å²) in [6.45, 7) is 13.1. The Morgan fingerprint density at radius 2 is 1.32 bits per heavy atom. The third-order valence-electron chi connectivity index (χ3n) is 5.16. The van der Waals surface area contributed by atoms with Gasteiger partial charge in [0.15, 0.2) is 0 Å². The molecular weight excluding hydrogens is 340 g/mol. The van der Waals surface area contributed by atoms with Crippen LogP contribution in [0.5, 0.6) is 0 Å². The van der Waals surface area contributed by atoms with Crippen molar-refractivity contribution in [2.24, 2.45) is 0 Å². The minimum Gasteiger partial charge on any atom is -0.256 e. The van der Waals surface area contributed by atoms with E-state index in [1.807, 2.05) is 13.1 Å². The van der Waals surface area contributed by atoms with Crippen LogP contribution in [0.15, 0.2) is 60.8 Å². The fourth-order valence-corrected chi connectivity index (χ4v) is 3.67. The first-order valence-corrected chi connectivity index (χ1v) is 10.1. The van der Waals surface area contributed by atoms with E-state index >= 15 is 0 Å². The van der Waals surface area contributed by atoms with Gasteiger partial charge < -0.3 is 0 Å². The van der Waals surface area contributed by atoms with E-state index in [0.717, 1.165) is 16.7 Å². The molecule has 2 heteroatoms. The molecule has 4 rings (SSSR count). The second-order valence-electron chi connectivity index (χ2n) is 8.05. The zero-order valence-electron chi connectivity index (χ0n) is 17.8. The number of aromatic nitrogens is 2. The molecular formula is C26H30N2. The minimum atomic E-state index is 0.557. The van der Waals surface area contributed by atoms with Crippen molar-refractivity contribution in [2.75, 3.05) is 0 Å². The Morgan fingerprint density at radius 1 is 0.679 bits per heavy atom. The first-order chi connectivity index (χ1) is 13.4. The molecule has 0 saturated carbocycles. The van der Waals surface area contributed by atoms with Crippen molar-refractivity contribution in [3.8, 4) is 0 Å². The standard InChI is InChI=1S/2C13H15N/c1-9(2)11-5-4-6-13-12(11)8-7-10(3)14-13;1-9(2)11-5-4-6-12-13(11)10(3)7-8-14-12/h2*4-9H,1-3H3. The first-order valence-electron chi connectivity index (χ1n) is 10.1. The molecule has 2 aromatic heterocycles. The van der Waals surface area contributed by atoms with Crippen LogP contribution in [0, 0.1) is 13.8 Å². The average molecular weight is 371 g/mol. The van der Waals surface area contributed by atoms with Crippen molar-refractivity contribution in [1.82, 2.24) is 9.97 Å². The number of benzene rings is 2. The van der Waals surface area contributed by atoms with Crippen molar-refractivity contribution >= 4 is 21.8 Å². The summed E-state index contributed by atoms with van der Waals surface area (Å²) in [5.74, 6) is 1.12. The molecule has 2 heterocycles. The number of pyridine rings is 2. The topological polar surface area (TPSA) is 25.8 Å². The van der Waals surface area contributed by atoms with Crippen molar-refractivity contribution in [3.63, 3.8) is 0 Å². The summed E-state index contributed by atoms with van der Waals surface area (Å²) in [4.78, 5) is 8.90. The van der Waals surface area contributed by atoms with Gasteiger partial charge in [-0.3, -0.25) is 9.97 Å². The summed E-state index contributed by atoms with van der Waals surface area (Å²) >= 11 is 0. The highest BCUT2D eigenvalue weighted by Crippen LogP contribution is 2.26. The van der Waals surface area contributed by atoms with Crippen LogP contribution in [0.3, 0.4) is 0 Å². The second kappa shape index (κ2) is 8.52. The maximum Gasteiger partial charge on any atom is 0.0708 e. The van der Waals surface area contributed by atoms with E-state index in [2.05, 4.69) is 99.2 Å². The predicted molar refractivity (Wildman–Crippen MR) is 121 cm³/mol. The Hall–Kier alpha value is -2.74. The molecule has 0 radical (unpaired) electrons. The Morgan fingerprint density at radius 3 is 2.00 bits per heavy atom. The van der Waals surface area contributed by atoms with Crippen molar-refractivity contribution in [1.29, 1.82) is 0 Å². The summed E-state index contributed by atoms with van der Waals surface area (Å²) < 4.78 is 0. The van der Waals surface area contributed by atoms with E-state index in [1.165, 1.54) is 27.5 Å². The number of aryl methyl sites for hydroxylation is 2. The van der Waals surface area contributed by atoms with Gasteiger partial charge in [-0.2, -0.15) is 0 Å². The molecule has 0 bridgehead atoms. The lowest BCUT2D eigenvalue weighted by atomic mass is 9.96. The van der Waals surface area contributed by atoms with Gasteiger partial charge in [0.25, 0.3) is 0 Å². The van der Waals surface area contributed by atoms with Crippen LogP contribution in [0.25, 0.3) is 21.8 Å². The molecule has 0 atom stereocenters. The van der Waals surface area contributed by atoms with Gasteiger partial charge in [0.05, 0.1) is 11.0 Å². The van der Waals surface area contributed by atoms with E-state index in [1.54, 1.807) is 0 Å². The molecule has 0 fully saturated rings. The van der Waals surface area contributed by atoms with E-state index in [9.17, 15) is 0 Å². The molecule has 2 nitrogen and oxygen atoms in total. The van der Waals surface area contributed by atoms with Crippen LogP contribution >= 0.6 is 0 Å². The third kappa shape index (κ3) is 4.22. The van der Waals surface area contributed by atoms with Crippen LogP contribution in [0.4, 0.5) is 0 Å². The molecule has 0 aliphatic rings. The van der Waals surface area contributed by atoms with Crippen LogP contribution in [-0.4, -0.2) is 9.97 Å². The molecule has 0 N–H and O–H groups in total. The molecule has 144 valence electrons. The fourth-order valence-electron chi connectivity index (χ4n) is 3.67. The number of fused-ring (bicyclic) bond motifs is 2. The normalized spacial score (nSPS) is 11.1. The van der Waals surface area contributed by atoms with Crippen LogP contribution in [0.1, 0.15) is 61.9 Å². The molecule has 0 aliphatic heterocycles. The molecule has 2 aromatic carbocycles. The lowest BCUT2D eigenvalue weighted by molar-refractivity contribution is 0.875. The Kier molecular flexibility index (Phi) is 6.08. The number of rotatable bonds is 2. The number of hydrogen-bond donors (Lipinski definition) is 0. The van der Waals surface area contributed by atoms with E-state index in [-0.39, 0.29) is 0 Å². The van der Waals surface area contributed by atoms with Gasteiger partial charge in [0, 0.05) is 22.7 Å². The second-order valence-corrected chi connectivity index (χ2v) is 8.05. The molecule has 0 amide bonds. The van der Waals surface area contributed by atoms with E-state index < -0.39 is 0 Å². The van der Waals surface area contributed by atoms with Crippen LogP contribution < -0.4 is 0 Å². The monoisotopic (exact) mass is 370 g/mol. The number of nitrogens with zero attached hydrogens (tertiary/aromatic N) is 2. The molecule has 0 unspecified atom stereocenters. The summed E-state index contributed by atoms with van der Waals surface area (Å²) in [7, 11) is 0. The first kappa shape index (κ1) is 20.0. The van der Waals surface area contributed by atoms with Gasteiger partial charge in [0.2, 0.25) is 0 Å². The molecule has 28 heavy (non-hydrogen) atoms. The maximum absolute atomic E-state index is 4.52. The summed E-state index contributed by atoms with van der Waals surface area (Å²) in [6, 6.07) is 19.0. The van der Waals surface area contributed by atoms with Gasteiger partial charge in [0.1, 0.15) is 0 Å². The predicted octanol–water partition coefficient (Wildman–Crippen LogP) is 7.33. The Bertz CT molecular complexity index is 1080. The highest BCUT2D eigenvalue weighted by atomic mass is 14.7. The van der Waals surface area contributed by atoms with Crippen molar-refractivity contribution in [3.05, 3.63) is 83.2 Å². The van der Waals surface area contributed by atoms with Crippen molar-refractivity contribution < 1.29 is 0 Å². The van der Waals surface area contributed by atoms with Gasteiger partial charge in [-0.25, -0.2) is 0 Å². The van der Waals surface area contributed by atoms with Crippen LogP contribution in [-0.2, 0) is 0 Å². The van der Waals surface area contributed by atoms with Gasteiger partial charge >= 0.3 is 0 Å². The Labute approximate surface area is 168 Å². The lowest BCUT2D eigenvalue weighted by Crippen LogP contribution is -1.92. The molecule has 4 aromatic rings. The summed E-state index contributed by atoms with van der Waals surface area (Å²) in [6.07, 6.45) is 1.88. The fraction of sp³-hybridized carbons (Fsp3) is 0.308. The Balaban J connectivity index is 0.000000161. The van der Waals surface area contributed by atoms with E-state index in [4.69, 9.17) is 0 Å². The van der Waals surface area contributed by atoms with Crippen LogP contribution in [0.2, 0.25) is 0 Å². The summed E-state index contributed by atoms with van der Waals surface area (Å²) in [5.41, 5.74) is 7.40. The van der Waals surface area contributed by atoms with Gasteiger partial charge in [-0.15, -0.1) is 0 Å². The largest absolute Gasteiger partial charge is 0.256 e. The number of hydrogen-bond acceptors (Lipinski definition) is 2. The SMILES string of the molecule is Cc1ccc2c(C(C)C)cccc2n1.Cc1ccnc2cccc(C(C)C)c12. The molecule has 0 saturated heterocycles. The smallest absolute Gasteiger partial charge is 0.0708 e. The zero-order chi connectivity index (χ0) is 20.3. The molecule has 0 spiro atoms. The highest BCUT2D eigenvalue weighted by Gasteiger charge is 2.07. The summed E-state index contributed by atoms with van der Waals surface area (Å²) in [5, 5.41) is 2.61. The minimum absolute atomic E-state index is 0.557. The third-order valence-corrected chi connectivity index (χ3v) is 5.16. The van der Waals surface area contributed by atoms with Gasteiger partial charge in [-0.05, 0) is 66.6 Å². The maximum atomic E-state index is 4.52. The lowest BCUT2D eigenvalue weighted by Gasteiger charge is -2.11. The quantitative estimate of drug-likeness (QED) is 0.369. The van der Waals surface area contributed by atoms with Gasteiger partial charge in [-0.1, -0.05) is 58.0 Å². The average Bonchev–Trinajstić information content (AvgIpc) is 2.67. The molecule has 0 aliphatic carbocycles. The van der Waals surface area contributed by atoms with Crippen molar-refractivity contribution in [2.45, 2.75) is 53.4 Å². The highest BCUT2D eigenvalue weighted by molar-refractivity contribution is 5.85.